The van der Waals surface area contributed by atoms with E-state index in [2.05, 4.69) is 23.8 Å². The number of carbonyl (C=O) groups excluding carboxylic acids is 1. The number of carbonyl (C=O) groups is 1. The largest absolute Gasteiger partial charge is 0.419 e. The molecule has 1 aromatic carbocycles. The van der Waals surface area contributed by atoms with Crippen molar-refractivity contribution in [3.8, 4) is 17.1 Å². The van der Waals surface area contributed by atoms with Crippen LogP contribution < -0.4 is 4.74 Å². The summed E-state index contributed by atoms with van der Waals surface area (Å²) in [4.78, 5) is 23.1. The molecule has 3 aromatic rings. The molecule has 0 unspecified atom stereocenters. The summed E-state index contributed by atoms with van der Waals surface area (Å²) in [5.41, 5.74) is 1.65. The fraction of sp³-hybridized carbons (Fsp3) is 0.516. The smallest absolute Gasteiger partial charge is 0.353 e. The van der Waals surface area contributed by atoms with E-state index in [4.69, 9.17) is 4.74 Å². The van der Waals surface area contributed by atoms with Crippen LogP contribution in [-0.4, -0.2) is 15.9 Å². The van der Waals surface area contributed by atoms with Crippen LogP contribution in [-0.2, 0) is 12.8 Å². The lowest BCUT2D eigenvalue weighted by molar-refractivity contribution is 0.0733. The molecule has 0 fully saturated rings. The molecule has 4 nitrogen and oxygen atoms in total. The number of aromatic nitrogens is 2. The number of hydrogen-bond donors (Lipinski definition) is 0. The van der Waals surface area contributed by atoms with Gasteiger partial charge in [0.2, 0.25) is 0 Å². The summed E-state index contributed by atoms with van der Waals surface area (Å²) in [6, 6.07) is 8.23. The monoisotopic (exact) mass is 524 g/mol. The molecule has 37 heavy (non-hydrogen) atoms. The van der Waals surface area contributed by atoms with Crippen molar-refractivity contribution in [2.24, 2.45) is 0 Å². The average molecular weight is 525 g/mol. The first kappa shape index (κ1) is 29.0. The van der Waals surface area contributed by atoms with Gasteiger partial charge < -0.3 is 4.74 Å². The molecule has 0 aliphatic carbocycles. The van der Waals surface area contributed by atoms with Gasteiger partial charge in [-0.15, -0.1) is 11.3 Å². The van der Waals surface area contributed by atoms with Crippen LogP contribution in [0, 0.1) is 5.82 Å². The number of rotatable bonds is 17. The molecule has 0 N–H and O–H groups in total. The highest BCUT2D eigenvalue weighted by Crippen LogP contribution is 2.26. The van der Waals surface area contributed by atoms with Crippen LogP contribution in [0.1, 0.15) is 111 Å². The molecular formula is C31H41FN2O2S. The van der Waals surface area contributed by atoms with E-state index in [-0.39, 0.29) is 5.75 Å². The van der Waals surface area contributed by atoms with E-state index in [1.165, 1.54) is 87.7 Å². The van der Waals surface area contributed by atoms with Crippen molar-refractivity contribution in [2.45, 2.75) is 104 Å². The Hall–Kier alpha value is -2.60. The second-order valence-electron chi connectivity index (χ2n) is 9.75. The quantitative estimate of drug-likeness (QED) is 0.100. The summed E-state index contributed by atoms with van der Waals surface area (Å²) in [7, 11) is 0. The molecule has 0 radical (unpaired) electrons. The van der Waals surface area contributed by atoms with Gasteiger partial charge in [0.15, 0.2) is 17.4 Å². The fourth-order valence-corrected chi connectivity index (χ4v) is 5.24. The lowest BCUT2D eigenvalue weighted by Crippen LogP contribution is -2.07. The molecule has 0 spiro atoms. The highest BCUT2D eigenvalue weighted by molar-refractivity contribution is 7.13. The van der Waals surface area contributed by atoms with E-state index in [0.717, 1.165) is 36.1 Å². The highest BCUT2D eigenvalue weighted by atomic mass is 32.1. The average Bonchev–Trinajstić information content (AvgIpc) is 3.39. The number of benzene rings is 1. The predicted molar refractivity (Wildman–Crippen MR) is 151 cm³/mol. The number of aryl methyl sites for hydroxylation is 2. The molecular weight excluding hydrogens is 483 g/mol. The number of esters is 1. The fourth-order valence-electron chi connectivity index (χ4n) is 4.32. The summed E-state index contributed by atoms with van der Waals surface area (Å²) in [6.45, 7) is 4.44. The zero-order chi connectivity index (χ0) is 26.3. The van der Waals surface area contributed by atoms with E-state index in [1.807, 2.05) is 18.5 Å². The number of hydrogen-bond acceptors (Lipinski definition) is 5. The lowest BCUT2D eigenvalue weighted by Gasteiger charge is -2.07. The summed E-state index contributed by atoms with van der Waals surface area (Å²) in [6.07, 6.45) is 20.5. The number of nitrogens with zero attached hydrogens (tertiary/aromatic N) is 2. The topological polar surface area (TPSA) is 52.1 Å². The first-order chi connectivity index (χ1) is 18.1. The van der Waals surface area contributed by atoms with Gasteiger partial charge in [0.25, 0.3) is 0 Å². The van der Waals surface area contributed by atoms with Crippen molar-refractivity contribution in [2.75, 3.05) is 0 Å². The Morgan fingerprint density at radius 2 is 1.43 bits per heavy atom. The molecule has 0 aliphatic heterocycles. The molecule has 3 rings (SSSR count). The molecule has 0 saturated heterocycles. The van der Waals surface area contributed by atoms with Crippen molar-refractivity contribution in [3.05, 3.63) is 63.9 Å². The van der Waals surface area contributed by atoms with Gasteiger partial charge in [0.1, 0.15) is 4.88 Å². The van der Waals surface area contributed by atoms with E-state index in [0.29, 0.717) is 16.3 Å². The van der Waals surface area contributed by atoms with Crippen LogP contribution in [0.2, 0.25) is 0 Å². The normalized spacial score (nSPS) is 11.1. The highest BCUT2D eigenvalue weighted by Gasteiger charge is 2.16. The number of thiophene rings is 1. The van der Waals surface area contributed by atoms with Crippen molar-refractivity contribution >= 4 is 17.3 Å². The number of unbranched alkanes of at least 4 members (excludes halogenated alkanes) is 10. The van der Waals surface area contributed by atoms with E-state index >= 15 is 0 Å². The summed E-state index contributed by atoms with van der Waals surface area (Å²) in [5.74, 6) is -0.754. The van der Waals surface area contributed by atoms with Gasteiger partial charge in [-0.25, -0.2) is 19.2 Å². The minimum absolute atomic E-state index is 0.0840. The Kier molecular flexibility index (Phi) is 12.7. The van der Waals surface area contributed by atoms with Crippen LogP contribution >= 0.6 is 11.3 Å². The molecule has 0 atom stereocenters. The SMILES string of the molecule is CCCCCCCCc1cnc(-c2ccc(OC(=O)c3ccc(CCCCCCCC)s3)c(F)c2)nc1. The van der Waals surface area contributed by atoms with Crippen LogP contribution in [0.15, 0.2) is 42.7 Å². The predicted octanol–water partition coefficient (Wildman–Crippen LogP) is 9.37. The second-order valence-corrected chi connectivity index (χ2v) is 10.9. The van der Waals surface area contributed by atoms with Gasteiger partial charge in [0.05, 0.1) is 0 Å². The van der Waals surface area contributed by atoms with Gasteiger partial charge in [-0.1, -0.05) is 78.1 Å². The van der Waals surface area contributed by atoms with E-state index in [1.54, 1.807) is 12.1 Å². The van der Waals surface area contributed by atoms with Crippen LogP contribution in [0.3, 0.4) is 0 Å². The van der Waals surface area contributed by atoms with Gasteiger partial charge in [-0.3, -0.25) is 0 Å². The Labute approximate surface area is 225 Å². The Bertz CT molecular complexity index is 1080. The van der Waals surface area contributed by atoms with Gasteiger partial charge >= 0.3 is 5.97 Å². The zero-order valence-corrected chi connectivity index (χ0v) is 23.3. The number of halogens is 1. The Morgan fingerprint density at radius 1 is 0.811 bits per heavy atom. The van der Waals surface area contributed by atoms with Crippen molar-refractivity contribution in [1.82, 2.24) is 9.97 Å². The molecule has 0 saturated carbocycles. The lowest BCUT2D eigenvalue weighted by atomic mass is 10.1. The van der Waals surface area contributed by atoms with E-state index in [9.17, 15) is 9.18 Å². The molecule has 200 valence electrons. The molecule has 2 aromatic heterocycles. The standard InChI is InChI=1S/C31H41FN2O2S/c1-3-5-7-9-11-13-15-24-22-33-30(34-23-24)25-17-19-28(27(32)21-25)36-31(35)29-20-18-26(37-29)16-14-12-10-8-6-4-2/h17-23H,3-16H2,1-2H3. The first-order valence-corrected chi connectivity index (χ1v) is 14.8. The third-order valence-corrected chi connectivity index (χ3v) is 7.68. The summed E-state index contributed by atoms with van der Waals surface area (Å²) >= 11 is 1.43. The minimum atomic E-state index is -0.602. The molecule has 0 amide bonds. The van der Waals surface area contributed by atoms with Crippen LogP contribution in [0.25, 0.3) is 11.4 Å². The summed E-state index contributed by atoms with van der Waals surface area (Å²) < 4.78 is 20.1. The van der Waals surface area contributed by atoms with Crippen LogP contribution in [0.5, 0.6) is 5.75 Å². The minimum Gasteiger partial charge on any atom is -0.419 e. The maximum atomic E-state index is 14.8. The third kappa shape index (κ3) is 9.99. The Balaban J connectivity index is 1.48. The van der Waals surface area contributed by atoms with Crippen molar-refractivity contribution < 1.29 is 13.9 Å². The van der Waals surface area contributed by atoms with Crippen molar-refractivity contribution in [1.29, 1.82) is 0 Å². The molecule has 0 aliphatic rings. The van der Waals surface area contributed by atoms with E-state index < -0.39 is 11.8 Å². The first-order valence-electron chi connectivity index (χ1n) is 14.0. The molecule has 2 heterocycles. The zero-order valence-electron chi connectivity index (χ0n) is 22.4. The maximum Gasteiger partial charge on any atom is 0.353 e. The molecule has 0 bridgehead atoms. The van der Waals surface area contributed by atoms with Gasteiger partial charge in [-0.2, -0.15) is 0 Å². The summed E-state index contributed by atoms with van der Waals surface area (Å²) in [5, 5.41) is 0. The van der Waals surface area contributed by atoms with Gasteiger partial charge in [-0.05, 0) is 61.6 Å². The van der Waals surface area contributed by atoms with Crippen molar-refractivity contribution in [3.63, 3.8) is 0 Å². The Morgan fingerprint density at radius 3 is 2.08 bits per heavy atom. The maximum absolute atomic E-state index is 14.8. The molecule has 6 heteroatoms. The van der Waals surface area contributed by atoms with Crippen LogP contribution in [0.4, 0.5) is 4.39 Å². The third-order valence-electron chi connectivity index (χ3n) is 6.56. The van der Waals surface area contributed by atoms with Gasteiger partial charge in [0, 0.05) is 22.8 Å². The second kappa shape index (κ2) is 16.3. The number of ether oxygens (including phenoxy) is 1.